The van der Waals surface area contributed by atoms with Gasteiger partial charge in [-0.1, -0.05) is 32.4 Å². The molecule has 0 bridgehead atoms. The van der Waals surface area contributed by atoms with Crippen molar-refractivity contribution in [3.63, 3.8) is 0 Å². The van der Waals surface area contributed by atoms with Gasteiger partial charge in [-0.15, -0.1) is 0 Å². The van der Waals surface area contributed by atoms with Crippen LogP contribution in [-0.2, 0) is 4.74 Å². The molecule has 1 rings (SSSR count). The minimum Gasteiger partial charge on any atom is -0.381 e. The highest BCUT2D eigenvalue weighted by Crippen LogP contribution is 2.17. The van der Waals surface area contributed by atoms with E-state index in [0.717, 1.165) is 38.6 Å². The van der Waals surface area contributed by atoms with Crippen LogP contribution in [0.4, 0.5) is 0 Å². The Morgan fingerprint density at radius 1 is 1.50 bits per heavy atom. The van der Waals surface area contributed by atoms with Crippen molar-refractivity contribution in [3.8, 4) is 0 Å². The van der Waals surface area contributed by atoms with Crippen molar-refractivity contribution in [2.75, 3.05) is 26.3 Å². The van der Waals surface area contributed by atoms with Gasteiger partial charge in [-0.2, -0.15) is 0 Å². The molecule has 0 radical (unpaired) electrons. The molecule has 16 heavy (non-hydrogen) atoms. The first-order valence-corrected chi connectivity index (χ1v) is 6.70. The Morgan fingerprint density at radius 3 is 2.88 bits per heavy atom. The fourth-order valence-electron chi connectivity index (χ4n) is 2.05. The van der Waals surface area contributed by atoms with Crippen molar-refractivity contribution in [3.05, 3.63) is 11.6 Å². The maximum Gasteiger partial charge on any atom is 0.0528 e. The molecular formula is C14H27NO. The minimum atomic E-state index is 0.657. The summed E-state index contributed by atoms with van der Waals surface area (Å²) in [6, 6.07) is 0. The summed E-state index contributed by atoms with van der Waals surface area (Å²) in [7, 11) is 0. The molecule has 1 unspecified atom stereocenters. The number of rotatable bonds is 6. The fraction of sp³-hybridized carbons (Fsp3) is 0.857. The second kappa shape index (κ2) is 7.86. The van der Waals surface area contributed by atoms with Gasteiger partial charge in [0.15, 0.2) is 0 Å². The van der Waals surface area contributed by atoms with Gasteiger partial charge in [0.2, 0.25) is 0 Å². The zero-order chi connectivity index (χ0) is 11.8. The van der Waals surface area contributed by atoms with Crippen LogP contribution < -0.4 is 5.32 Å². The average molecular weight is 225 g/mol. The van der Waals surface area contributed by atoms with E-state index in [4.69, 9.17) is 4.74 Å². The second-order valence-electron chi connectivity index (χ2n) is 5.18. The molecule has 0 aromatic rings. The summed E-state index contributed by atoms with van der Waals surface area (Å²) in [5.74, 6) is 1.39. The molecule has 1 fully saturated rings. The summed E-state index contributed by atoms with van der Waals surface area (Å²) in [6.45, 7) is 10.8. The monoisotopic (exact) mass is 225 g/mol. The number of nitrogens with one attached hydrogen (secondary N) is 1. The third-order valence-electron chi connectivity index (χ3n) is 3.03. The largest absolute Gasteiger partial charge is 0.381 e. The van der Waals surface area contributed by atoms with E-state index in [1.165, 1.54) is 18.4 Å². The first kappa shape index (κ1) is 13.7. The molecule has 0 aliphatic carbocycles. The molecule has 0 aromatic heterocycles. The van der Waals surface area contributed by atoms with Crippen LogP contribution in [0.25, 0.3) is 0 Å². The summed E-state index contributed by atoms with van der Waals surface area (Å²) >= 11 is 0. The van der Waals surface area contributed by atoms with Gasteiger partial charge in [-0.3, -0.25) is 0 Å². The number of hydrogen-bond acceptors (Lipinski definition) is 2. The van der Waals surface area contributed by atoms with Crippen molar-refractivity contribution in [1.82, 2.24) is 5.32 Å². The number of hydrogen-bond donors (Lipinski definition) is 1. The average Bonchev–Trinajstić information content (AvgIpc) is 2.28. The summed E-state index contributed by atoms with van der Waals surface area (Å²) in [4.78, 5) is 0. The van der Waals surface area contributed by atoms with E-state index in [9.17, 15) is 0 Å². The number of ether oxygens (including phenoxy) is 1. The van der Waals surface area contributed by atoms with Crippen molar-refractivity contribution in [2.45, 2.75) is 40.0 Å². The van der Waals surface area contributed by atoms with E-state index >= 15 is 0 Å². The summed E-state index contributed by atoms with van der Waals surface area (Å²) in [6.07, 6.45) is 6.11. The lowest BCUT2D eigenvalue weighted by Gasteiger charge is -2.20. The molecule has 1 saturated heterocycles. The van der Waals surface area contributed by atoms with Crippen LogP contribution in [0.3, 0.4) is 0 Å². The summed E-state index contributed by atoms with van der Waals surface area (Å²) in [5.41, 5.74) is 1.54. The van der Waals surface area contributed by atoms with Crippen LogP contribution in [0.5, 0.6) is 0 Å². The molecule has 1 heterocycles. The van der Waals surface area contributed by atoms with Gasteiger partial charge in [0.25, 0.3) is 0 Å². The van der Waals surface area contributed by atoms with Crippen LogP contribution in [0.2, 0.25) is 0 Å². The fourth-order valence-corrected chi connectivity index (χ4v) is 2.05. The molecule has 0 aromatic carbocycles. The maximum absolute atomic E-state index is 5.51. The van der Waals surface area contributed by atoms with Gasteiger partial charge in [0.1, 0.15) is 0 Å². The van der Waals surface area contributed by atoms with Crippen LogP contribution in [-0.4, -0.2) is 26.3 Å². The third kappa shape index (κ3) is 5.66. The Morgan fingerprint density at radius 2 is 2.31 bits per heavy atom. The second-order valence-corrected chi connectivity index (χ2v) is 5.18. The van der Waals surface area contributed by atoms with Gasteiger partial charge >= 0.3 is 0 Å². The predicted molar refractivity (Wildman–Crippen MR) is 69.6 cm³/mol. The highest BCUT2D eigenvalue weighted by Gasteiger charge is 2.11. The van der Waals surface area contributed by atoms with Crippen LogP contribution in [0, 0.1) is 11.8 Å². The molecule has 2 nitrogen and oxygen atoms in total. The van der Waals surface area contributed by atoms with Crippen LogP contribution >= 0.6 is 0 Å². The Balaban J connectivity index is 2.30. The highest BCUT2D eigenvalue weighted by atomic mass is 16.5. The molecule has 2 heteroatoms. The molecule has 1 N–H and O–H groups in total. The molecule has 94 valence electrons. The Bertz CT molecular complexity index is 205. The van der Waals surface area contributed by atoms with Gasteiger partial charge in [-0.25, -0.2) is 0 Å². The maximum atomic E-state index is 5.51. The lowest BCUT2D eigenvalue weighted by atomic mass is 9.98. The smallest absolute Gasteiger partial charge is 0.0528 e. The predicted octanol–water partition coefficient (Wildman–Crippen LogP) is 3.00. The zero-order valence-corrected chi connectivity index (χ0v) is 11.1. The molecule has 1 atom stereocenters. The third-order valence-corrected chi connectivity index (χ3v) is 3.03. The normalized spacial score (nSPS) is 22.8. The molecule has 1 aliphatic heterocycles. The van der Waals surface area contributed by atoms with Crippen molar-refractivity contribution >= 4 is 0 Å². The summed E-state index contributed by atoms with van der Waals surface area (Å²) in [5, 5.41) is 3.52. The zero-order valence-electron chi connectivity index (χ0n) is 11.1. The van der Waals surface area contributed by atoms with Crippen LogP contribution in [0.1, 0.15) is 40.0 Å². The van der Waals surface area contributed by atoms with Gasteiger partial charge in [-0.05, 0) is 31.7 Å². The lowest BCUT2D eigenvalue weighted by molar-refractivity contribution is 0.0707. The topological polar surface area (TPSA) is 21.3 Å². The molecule has 0 spiro atoms. The highest BCUT2D eigenvalue weighted by molar-refractivity contribution is 5.06. The van der Waals surface area contributed by atoms with E-state index in [0.29, 0.717) is 5.92 Å². The van der Waals surface area contributed by atoms with E-state index in [2.05, 4.69) is 32.2 Å². The molecule has 1 aliphatic rings. The van der Waals surface area contributed by atoms with E-state index in [-0.39, 0.29) is 0 Å². The molecular weight excluding hydrogens is 198 g/mol. The quantitative estimate of drug-likeness (QED) is 0.702. The van der Waals surface area contributed by atoms with Crippen molar-refractivity contribution in [2.24, 2.45) is 11.8 Å². The Labute approximate surface area is 100 Å². The minimum absolute atomic E-state index is 0.657. The van der Waals surface area contributed by atoms with E-state index in [1.54, 1.807) is 0 Å². The summed E-state index contributed by atoms with van der Waals surface area (Å²) < 4.78 is 5.51. The van der Waals surface area contributed by atoms with Gasteiger partial charge in [0, 0.05) is 19.1 Å². The van der Waals surface area contributed by atoms with Crippen molar-refractivity contribution in [1.29, 1.82) is 0 Å². The van der Waals surface area contributed by atoms with Gasteiger partial charge in [0.05, 0.1) is 6.61 Å². The Hall–Kier alpha value is -0.340. The molecule has 0 saturated carbocycles. The van der Waals surface area contributed by atoms with E-state index in [1.807, 2.05) is 0 Å². The molecule has 0 amide bonds. The first-order chi connectivity index (χ1) is 7.72. The first-order valence-electron chi connectivity index (χ1n) is 6.70. The van der Waals surface area contributed by atoms with Crippen molar-refractivity contribution < 1.29 is 4.74 Å². The standard InChI is InChI=1S/C14H27NO/c1-4-13(10-15-9-12(2)3)8-14-6-5-7-16-11-14/h8,12,14-15H,4-7,9-11H2,1-3H3. The van der Waals surface area contributed by atoms with Crippen LogP contribution in [0.15, 0.2) is 11.6 Å². The SMILES string of the molecule is CCC(=CC1CCCOC1)CNCC(C)C. The van der Waals surface area contributed by atoms with E-state index < -0.39 is 0 Å². The lowest BCUT2D eigenvalue weighted by Crippen LogP contribution is -2.23. The Kier molecular flexibility index (Phi) is 6.74. The van der Waals surface area contributed by atoms with Gasteiger partial charge < -0.3 is 10.1 Å².